The average molecular weight is 525 g/mol. The molecule has 3 heterocycles. The summed E-state index contributed by atoms with van der Waals surface area (Å²) in [6.45, 7) is 2.00. The maximum atomic E-state index is 14.3. The molecule has 2 aromatic carbocycles. The fraction of sp³-hybridized carbons (Fsp3) is 0.515. The third kappa shape index (κ3) is 3.86. The maximum Gasteiger partial charge on any atom is 0.335 e. The Kier molecular flexibility index (Phi) is 5.14. The number of nitrogens with zero attached hydrogens (tertiary/aromatic N) is 2. The molecule has 1 atom stereocenters. The first-order valence-electron chi connectivity index (χ1n) is 14.9. The third-order valence-electron chi connectivity index (χ3n) is 10.2. The van der Waals surface area contributed by atoms with Gasteiger partial charge >= 0.3 is 5.97 Å². The number of aromatic nitrogens is 1. The number of ether oxygens (including phenoxy) is 1. The molecule has 1 saturated heterocycles. The first-order valence-corrected chi connectivity index (χ1v) is 14.9. The van der Waals surface area contributed by atoms with Gasteiger partial charge in [0, 0.05) is 36.1 Å². The summed E-state index contributed by atoms with van der Waals surface area (Å²) in [6.07, 6.45) is 11.0. The predicted octanol–water partition coefficient (Wildman–Crippen LogP) is 6.15. The molecule has 2 spiro atoms. The molecular weight excluding hydrogens is 488 g/mol. The number of benzene rings is 2. The molecule has 0 bridgehead atoms. The number of morpholine rings is 1. The van der Waals surface area contributed by atoms with Gasteiger partial charge in [0.25, 0.3) is 0 Å². The minimum absolute atomic E-state index is 0.108. The van der Waals surface area contributed by atoms with Gasteiger partial charge < -0.3 is 19.3 Å². The molecule has 3 aliphatic carbocycles. The van der Waals surface area contributed by atoms with Crippen LogP contribution in [0.1, 0.15) is 85.2 Å². The van der Waals surface area contributed by atoms with Crippen LogP contribution < -0.4 is 0 Å². The van der Waals surface area contributed by atoms with E-state index in [-0.39, 0.29) is 23.0 Å². The summed E-state index contributed by atoms with van der Waals surface area (Å²) in [5, 5.41) is 11.0. The van der Waals surface area contributed by atoms with Crippen LogP contribution in [0.3, 0.4) is 0 Å². The van der Waals surface area contributed by atoms with E-state index in [1.165, 1.54) is 41.6 Å². The van der Waals surface area contributed by atoms with E-state index >= 15 is 0 Å². The normalized spacial score (nSPS) is 24.8. The molecule has 39 heavy (non-hydrogen) atoms. The van der Waals surface area contributed by atoms with Crippen molar-refractivity contribution >= 4 is 22.8 Å². The number of fused-ring (bicyclic) bond motifs is 5. The minimum atomic E-state index is -0.911. The van der Waals surface area contributed by atoms with E-state index in [4.69, 9.17) is 4.74 Å². The summed E-state index contributed by atoms with van der Waals surface area (Å²) >= 11 is 0. The molecule has 2 aliphatic heterocycles. The van der Waals surface area contributed by atoms with E-state index < -0.39 is 5.97 Å². The second-order valence-electron chi connectivity index (χ2n) is 13.0. The molecule has 1 aromatic heterocycles. The van der Waals surface area contributed by atoms with Crippen LogP contribution in [-0.2, 0) is 22.5 Å². The molecule has 8 rings (SSSR count). The highest BCUT2D eigenvalue weighted by Gasteiger charge is 2.61. The van der Waals surface area contributed by atoms with Crippen LogP contribution in [0.5, 0.6) is 0 Å². The van der Waals surface area contributed by atoms with Gasteiger partial charge in [-0.05, 0) is 74.1 Å². The summed E-state index contributed by atoms with van der Waals surface area (Å²) in [6, 6.07) is 14.2. The molecule has 4 fully saturated rings. The van der Waals surface area contributed by atoms with Crippen molar-refractivity contribution in [2.75, 3.05) is 13.1 Å². The summed E-state index contributed by atoms with van der Waals surface area (Å²) in [5.74, 6) is -0.419. The lowest BCUT2D eigenvalue weighted by atomic mass is 9.81. The van der Waals surface area contributed by atoms with Gasteiger partial charge in [0.15, 0.2) is 0 Å². The number of carbonyl (C=O) groups is 2. The first kappa shape index (κ1) is 23.7. The molecule has 6 nitrogen and oxygen atoms in total. The molecule has 0 radical (unpaired) electrons. The van der Waals surface area contributed by atoms with Crippen LogP contribution in [0.25, 0.3) is 22.2 Å². The van der Waals surface area contributed by atoms with Gasteiger partial charge in [-0.25, -0.2) is 4.79 Å². The SMILES string of the molecule is O=C(O)c1ccc2c(C3CCCCC3)c3n(c2c1)CC(C(=O)N1CC2(CC2)OC2(CC2)C1)Cc1ccccc1-3. The minimum Gasteiger partial charge on any atom is -0.478 e. The molecule has 1 amide bonds. The van der Waals surface area contributed by atoms with Gasteiger partial charge in [0.2, 0.25) is 5.91 Å². The van der Waals surface area contributed by atoms with Crippen LogP contribution in [0.15, 0.2) is 42.5 Å². The van der Waals surface area contributed by atoms with Crippen molar-refractivity contribution in [3.63, 3.8) is 0 Å². The lowest BCUT2D eigenvalue weighted by Gasteiger charge is -2.40. The van der Waals surface area contributed by atoms with Gasteiger partial charge in [-0.3, -0.25) is 4.79 Å². The monoisotopic (exact) mass is 524 g/mol. The van der Waals surface area contributed by atoms with Crippen molar-refractivity contribution in [3.05, 3.63) is 59.2 Å². The zero-order valence-electron chi connectivity index (χ0n) is 22.5. The highest BCUT2D eigenvalue weighted by molar-refractivity contribution is 5.99. The largest absolute Gasteiger partial charge is 0.478 e. The van der Waals surface area contributed by atoms with E-state index in [9.17, 15) is 14.7 Å². The quantitative estimate of drug-likeness (QED) is 0.446. The van der Waals surface area contributed by atoms with Gasteiger partial charge in [-0.2, -0.15) is 0 Å². The lowest BCUT2D eigenvalue weighted by molar-refractivity contribution is -0.158. The number of carboxylic acid groups (broad SMARTS) is 1. The Morgan fingerprint density at radius 2 is 1.64 bits per heavy atom. The van der Waals surface area contributed by atoms with Gasteiger partial charge in [0.1, 0.15) is 0 Å². The Bertz CT molecular complexity index is 1490. The number of hydrogen-bond donors (Lipinski definition) is 1. The second kappa shape index (κ2) is 8.44. The summed E-state index contributed by atoms with van der Waals surface area (Å²) in [5.41, 5.74) is 6.06. The Labute approximate surface area is 228 Å². The molecule has 3 aromatic rings. The van der Waals surface area contributed by atoms with E-state index in [1.54, 1.807) is 6.07 Å². The topological polar surface area (TPSA) is 71.8 Å². The highest BCUT2D eigenvalue weighted by Crippen LogP contribution is 2.55. The smallest absolute Gasteiger partial charge is 0.335 e. The second-order valence-corrected chi connectivity index (χ2v) is 13.0. The third-order valence-corrected chi connectivity index (χ3v) is 10.2. The number of hydrogen-bond acceptors (Lipinski definition) is 3. The average Bonchev–Trinajstić information content (AvgIpc) is 3.87. The fourth-order valence-corrected chi connectivity index (χ4v) is 7.93. The van der Waals surface area contributed by atoms with E-state index in [2.05, 4.69) is 33.7 Å². The summed E-state index contributed by atoms with van der Waals surface area (Å²) in [7, 11) is 0. The van der Waals surface area contributed by atoms with Gasteiger partial charge in [-0.15, -0.1) is 0 Å². The molecule has 3 saturated carbocycles. The number of carboxylic acids is 1. The van der Waals surface area contributed by atoms with Crippen molar-refractivity contribution in [2.45, 2.75) is 87.9 Å². The zero-order valence-corrected chi connectivity index (χ0v) is 22.5. The van der Waals surface area contributed by atoms with Crippen LogP contribution in [0, 0.1) is 5.92 Å². The van der Waals surface area contributed by atoms with Gasteiger partial charge in [-0.1, -0.05) is 49.6 Å². The summed E-state index contributed by atoms with van der Waals surface area (Å²) < 4.78 is 8.82. The standard InChI is InChI=1S/C33H36N2O4/c36-30(34-19-32(12-13-32)39-33(20-34)14-15-33)24-16-22-8-4-5-9-25(22)29-28(21-6-2-1-3-7-21)26-11-10-23(31(37)38)17-27(26)35(29)18-24/h4-5,8-11,17,21,24H,1-3,6-7,12-16,18-20H2,(H,37,38). The number of carbonyl (C=O) groups excluding carboxylic acids is 1. The number of rotatable bonds is 3. The van der Waals surface area contributed by atoms with Crippen molar-refractivity contribution in [1.82, 2.24) is 9.47 Å². The highest BCUT2D eigenvalue weighted by atomic mass is 16.5. The first-order chi connectivity index (χ1) is 18.9. The van der Waals surface area contributed by atoms with Gasteiger partial charge in [0.05, 0.1) is 28.4 Å². The molecule has 6 heteroatoms. The lowest BCUT2D eigenvalue weighted by Crippen LogP contribution is -2.54. The van der Waals surface area contributed by atoms with Crippen LogP contribution in [0.2, 0.25) is 0 Å². The van der Waals surface area contributed by atoms with E-state index in [0.29, 0.717) is 37.5 Å². The van der Waals surface area contributed by atoms with Crippen LogP contribution >= 0.6 is 0 Å². The Morgan fingerprint density at radius 3 is 2.33 bits per heavy atom. The fourth-order valence-electron chi connectivity index (χ4n) is 7.93. The Balaban J connectivity index is 1.28. The zero-order chi connectivity index (χ0) is 26.4. The Hall–Kier alpha value is -3.12. The van der Waals surface area contributed by atoms with Crippen molar-refractivity contribution in [1.29, 1.82) is 0 Å². The molecule has 1 N–H and O–H groups in total. The van der Waals surface area contributed by atoms with Crippen LogP contribution in [-0.4, -0.2) is 50.7 Å². The summed E-state index contributed by atoms with van der Waals surface area (Å²) in [4.78, 5) is 28.5. The Morgan fingerprint density at radius 1 is 0.923 bits per heavy atom. The molecular formula is C33H36N2O4. The molecule has 202 valence electrons. The predicted molar refractivity (Wildman–Crippen MR) is 149 cm³/mol. The molecule has 5 aliphatic rings. The number of aromatic carboxylic acids is 1. The van der Waals surface area contributed by atoms with E-state index in [1.807, 2.05) is 12.1 Å². The number of amides is 1. The van der Waals surface area contributed by atoms with Crippen molar-refractivity contribution in [2.24, 2.45) is 5.92 Å². The van der Waals surface area contributed by atoms with Crippen molar-refractivity contribution < 1.29 is 19.4 Å². The van der Waals surface area contributed by atoms with Crippen LogP contribution in [0.4, 0.5) is 0 Å². The van der Waals surface area contributed by atoms with E-state index in [0.717, 1.165) is 49.4 Å². The van der Waals surface area contributed by atoms with Crippen molar-refractivity contribution in [3.8, 4) is 11.3 Å². The maximum absolute atomic E-state index is 14.3. The molecule has 1 unspecified atom stereocenters.